The van der Waals surface area contributed by atoms with E-state index in [1.165, 1.54) is 0 Å². The molecule has 0 radical (unpaired) electrons. The summed E-state index contributed by atoms with van der Waals surface area (Å²) >= 11 is 0. The molecule has 2 rings (SSSR count). The smallest absolute Gasteiger partial charge is 0.547 e. The first-order valence-electron chi connectivity index (χ1n) is 5.68. The van der Waals surface area contributed by atoms with Gasteiger partial charge >= 0.3 is 29.6 Å². The van der Waals surface area contributed by atoms with E-state index < -0.39 is 12.1 Å². The Kier molecular flexibility index (Phi) is 6.20. The summed E-state index contributed by atoms with van der Waals surface area (Å²) in [6, 6.07) is 8.99. The summed E-state index contributed by atoms with van der Waals surface area (Å²) in [5.74, 6) is -1.15. The van der Waals surface area contributed by atoms with Gasteiger partial charge in [-0.25, -0.2) is 0 Å². The summed E-state index contributed by atoms with van der Waals surface area (Å²) in [6.07, 6.45) is 3.30. The van der Waals surface area contributed by atoms with Crippen molar-refractivity contribution in [3.63, 3.8) is 0 Å². The molecule has 1 aromatic carbocycles. The van der Waals surface area contributed by atoms with Crippen LogP contribution in [-0.4, -0.2) is 12.1 Å². The summed E-state index contributed by atoms with van der Waals surface area (Å²) in [4.78, 5) is 11.1. The average Bonchev–Trinajstić information content (AvgIpc) is 2.79. The Hall–Kier alpha value is -0.350. The summed E-state index contributed by atoms with van der Waals surface area (Å²) in [7, 11) is 0. The third-order valence-corrected chi connectivity index (χ3v) is 2.95. The van der Waals surface area contributed by atoms with Gasteiger partial charge in [-0.1, -0.05) is 43.2 Å². The van der Waals surface area contributed by atoms with Gasteiger partial charge in [0.25, 0.3) is 0 Å². The molecule has 1 aliphatic carbocycles. The predicted molar refractivity (Wildman–Crippen MR) is 57.5 cm³/mol. The molecule has 0 N–H and O–H groups in total. The van der Waals surface area contributed by atoms with Crippen LogP contribution < -0.4 is 34.7 Å². The van der Waals surface area contributed by atoms with Gasteiger partial charge in [0.05, 0.1) is 12.1 Å². The number of aliphatic carboxylic acids is 1. The van der Waals surface area contributed by atoms with E-state index in [1.54, 1.807) is 12.1 Å². The maximum Gasteiger partial charge on any atom is 1.00 e. The average molecular weight is 242 g/mol. The Balaban J connectivity index is 0.00000144. The molecule has 0 saturated heterocycles. The van der Waals surface area contributed by atoms with Gasteiger partial charge in [0, 0.05) is 0 Å². The number of carboxylic acids is 1. The molecule has 1 fully saturated rings. The minimum atomic E-state index is -1.15. The number of benzene rings is 1. The second-order valence-corrected chi connectivity index (χ2v) is 4.15. The van der Waals surface area contributed by atoms with Gasteiger partial charge in [-0.05, 0) is 18.4 Å². The SMILES string of the molecule is O=C([O-])C(OC1CCCC1)c1ccccc1.[Na+]. The topological polar surface area (TPSA) is 49.4 Å². The normalized spacial score (nSPS) is 17.4. The number of carboxylic acid groups (broad SMARTS) is 1. The van der Waals surface area contributed by atoms with E-state index in [0.717, 1.165) is 25.7 Å². The molecule has 0 spiro atoms. The molecule has 17 heavy (non-hydrogen) atoms. The number of ether oxygens (including phenoxy) is 1. The third-order valence-electron chi connectivity index (χ3n) is 2.95. The van der Waals surface area contributed by atoms with Gasteiger partial charge < -0.3 is 14.6 Å². The van der Waals surface area contributed by atoms with Gasteiger partial charge in [-0.15, -0.1) is 0 Å². The number of carbonyl (C=O) groups excluding carboxylic acids is 1. The van der Waals surface area contributed by atoms with Crippen LogP contribution in [0, 0.1) is 0 Å². The van der Waals surface area contributed by atoms with Crippen LogP contribution in [0.2, 0.25) is 0 Å². The second kappa shape index (κ2) is 7.17. The van der Waals surface area contributed by atoms with Crippen LogP contribution in [0.4, 0.5) is 0 Å². The van der Waals surface area contributed by atoms with Gasteiger partial charge in [-0.2, -0.15) is 0 Å². The molecule has 0 heterocycles. The molecule has 0 aliphatic heterocycles. The molecule has 3 nitrogen and oxygen atoms in total. The van der Waals surface area contributed by atoms with Crippen LogP contribution in [0.3, 0.4) is 0 Å². The van der Waals surface area contributed by atoms with E-state index >= 15 is 0 Å². The predicted octanol–water partition coefficient (Wildman–Crippen LogP) is -1.56. The van der Waals surface area contributed by atoms with Crippen molar-refractivity contribution in [3.05, 3.63) is 35.9 Å². The quantitative estimate of drug-likeness (QED) is 0.600. The Morgan fingerprint density at radius 1 is 1.24 bits per heavy atom. The van der Waals surface area contributed by atoms with E-state index in [2.05, 4.69) is 0 Å². The van der Waals surface area contributed by atoms with Crippen molar-refractivity contribution in [2.24, 2.45) is 0 Å². The summed E-state index contributed by atoms with van der Waals surface area (Å²) < 4.78 is 5.60. The minimum Gasteiger partial charge on any atom is -0.547 e. The number of hydrogen-bond donors (Lipinski definition) is 0. The van der Waals surface area contributed by atoms with Gasteiger partial charge in [-0.3, -0.25) is 0 Å². The van der Waals surface area contributed by atoms with Crippen molar-refractivity contribution in [1.29, 1.82) is 0 Å². The maximum absolute atomic E-state index is 11.1. The van der Waals surface area contributed by atoms with Crippen molar-refractivity contribution in [3.8, 4) is 0 Å². The van der Waals surface area contributed by atoms with E-state index in [4.69, 9.17) is 4.74 Å². The monoisotopic (exact) mass is 242 g/mol. The number of hydrogen-bond acceptors (Lipinski definition) is 3. The molecule has 86 valence electrons. The van der Waals surface area contributed by atoms with E-state index in [9.17, 15) is 9.90 Å². The first-order valence-corrected chi connectivity index (χ1v) is 5.68. The van der Waals surface area contributed by atoms with Gasteiger partial charge in [0.2, 0.25) is 0 Å². The van der Waals surface area contributed by atoms with E-state index in [1.807, 2.05) is 18.2 Å². The first-order chi connectivity index (χ1) is 7.77. The van der Waals surface area contributed by atoms with E-state index in [-0.39, 0.29) is 35.7 Å². The molecular weight excluding hydrogens is 227 g/mol. The number of carbonyl (C=O) groups is 1. The van der Waals surface area contributed by atoms with Gasteiger partial charge in [0.1, 0.15) is 6.10 Å². The molecule has 1 aromatic rings. The zero-order chi connectivity index (χ0) is 11.4. The zero-order valence-corrected chi connectivity index (χ0v) is 12.1. The summed E-state index contributed by atoms with van der Waals surface area (Å²) in [5, 5.41) is 11.1. The standard InChI is InChI=1S/C13H16O3.Na/c14-13(15)12(10-6-2-1-3-7-10)16-11-8-4-5-9-11;/h1-3,6-7,11-12H,4-5,8-9H2,(H,14,15);/q;+1/p-1. The fourth-order valence-corrected chi connectivity index (χ4v) is 2.11. The second-order valence-electron chi connectivity index (χ2n) is 4.15. The molecule has 1 unspecified atom stereocenters. The fourth-order valence-electron chi connectivity index (χ4n) is 2.11. The van der Waals surface area contributed by atoms with Crippen LogP contribution in [-0.2, 0) is 9.53 Å². The van der Waals surface area contributed by atoms with Crippen LogP contribution in [0.5, 0.6) is 0 Å². The number of rotatable bonds is 4. The molecule has 4 heteroatoms. The first kappa shape index (κ1) is 14.7. The summed E-state index contributed by atoms with van der Waals surface area (Å²) in [5.41, 5.74) is 0.661. The largest absolute Gasteiger partial charge is 1.00 e. The zero-order valence-electron chi connectivity index (χ0n) is 10.1. The molecule has 1 aliphatic rings. The molecule has 1 atom stereocenters. The Labute approximate surface area is 123 Å². The molecule has 0 bridgehead atoms. The van der Waals surface area contributed by atoms with Gasteiger partial charge in [0.15, 0.2) is 0 Å². The molecular formula is C13H15NaO3. The van der Waals surface area contributed by atoms with Crippen molar-refractivity contribution in [2.45, 2.75) is 37.9 Å². The van der Waals surface area contributed by atoms with Crippen LogP contribution >= 0.6 is 0 Å². The van der Waals surface area contributed by atoms with E-state index in [0.29, 0.717) is 5.56 Å². The fraction of sp³-hybridized carbons (Fsp3) is 0.462. The van der Waals surface area contributed by atoms with Crippen LogP contribution in [0.25, 0.3) is 0 Å². The Morgan fingerprint density at radius 3 is 2.35 bits per heavy atom. The summed E-state index contributed by atoms with van der Waals surface area (Å²) in [6.45, 7) is 0. The Bertz CT molecular complexity index is 347. The molecule has 1 saturated carbocycles. The van der Waals surface area contributed by atoms with Crippen LogP contribution in [0.1, 0.15) is 37.4 Å². The van der Waals surface area contributed by atoms with Crippen LogP contribution in [0.15, 0.2) is 30.3 Å². The third kappa shape index (κ3) is 4.11. The van der Waals surface area contributed by atoms with Crippen molar-refractivity contribution in [2.75, 3.05) is 0 Å². The van der Waals surface area contributed by atoms with Crippen molar-refractivity contribution in [1.82, 2.24) is 0 Å². The Morgan fingerprint density at radius 2 is 1.82 bits per heavy atom. The minimum absolute atomic E-state index is 0. The van der Waals surface area contributed by atoms with Crippen molar-refractivity contribution < 1.29 is 44.2 Å². The maximum atomic E-state index is 11.1. The van der Waals surface area contributed by atoms with Crippen molar-refractivity contribution >= 4 is 5.97 Å². The molecule has 0 amide bonds. The molecule has 0 aromatic heterocycles.